The molecule has 33 heavy (non-hydrogen) atoms. The number of hydrogen-bond donors (Lipinski definition) is 3. The third-order valence-electron chi connectivity index (χ3n) is 5.91. The second kappa shape index (κ2) is 11.5. The molecular weight excluding hydrogens is 436 g/mol. The van der Waals surface area contributed by atoms with E-state index in [0.29, 0.717) is 13.1 Å². The molecule has 0 aliphatic heterocycles. The Morgan fingerprint density at radius 1 is 0.788 bits per heavy atom. The van der Waals surface area contributed by atoms with Crippen molar-refractivity contribution < 1.29 is 18.6 Å². The zero-order valence-electron chi connectivity index (χ0n) is 18.8. The third-order valence-corrected chi connectivity index (χ3v) is 6.84. The van der Waals surface area contributed by atoms with Crippen molar-refractivity contribution in [3.05, 3.63) is 102 Å². The molecule has 4 N–H and O–H groups in total. The maximum absolute atomic E-state index is 11.5. The molecule has 0 radical (unpaired) electrons. The van der Waals surface area contributed by atoms with Crippen LogP contribution in [0.3, 0.4) is 0 Å². The fraction of sp³-hybridized carbons (Fsp3) is 0.308. The zero-order valence-corrected chi connectivity index (χ0v) is 19.6. The number of rotatable bonds is 11. The van der Waals surface area contributed by atoms with Gasteiger partial charge in [-0.1, -0.05) is 72.8 Å². The maximum atomic E-state index is 11.5. The minimum Gasteiger partial charge on any atom is -0.387 e. The summed E-state index contributed by atoms with van der Waals surface area (Å²) in [5.74, 6) is 0. The molecule has 6 nitrogen and oxygen atoms in total. The summed E-state index contributed by atoms with van der Waals surface area (Å²) < 4.78 is 22.9. The molecule has 0 aliphatic carbocycles. The van der Waals surface area contributed by atoms with Crippen molar-refractivity contribution in [2.75, 3.05) is 13.1 Å². The lowest BCUT2D eigenvalue weighted by Crippen LogP contribution is -2.39. The number of hydrogen-bond acceptors (Lipinski definition) is 5. The van der Waals surface area contributed by atoms with E-state index in [9.17, 15) is 18.6 Å². The summed E-state index contributed by atoms with van der Waals surface area (Å²) >= 11 is 0. The molecule has 0 bridgehead atoms. The first kappa shape index (κ1) is 25.1. The lowest BCUT2D eigenvalue weighted by molar-refractivity contribution is 0.0460. The fourth-order valence-corrected chi connectivity index (χ4v) is 4.36. The van der Waals surface area contributed by atoms with E-state index in [-0.39, 0.29) is 10.9 Å². The van der Waals surface area contributed by atoms with Gasteiger partial charge >= 0.3 is 0 Å². The molecule has 0 amide bonds. The summed E-state index contributed by atoms with van der Waals surface area (Å²) in [6.07, 6.45) is 0.153. The van der Waals surface area contributed by atoms with Crippen LogP contribution >= 0.6 is 0 Å². The Kier molecular flexibility index (Phi) is 8.77. The van der Waals surface area contributed by atoms with Crippen molar-refractivity contribution in [2.24, 2.45) is 5.14 Å². The predicted molar refractivity (Wildman–Crippen MR) is 130 cm³/mol. The van der Waals surface area contributed by atoms with Crippen LogP contribution < -0.4 is 5.14 Å². The molecule has 0 saturated heterocycles. The molecule has 0 fully saturated rings. The predicted octanol–water partition coefficient (Wildman–Crippen LogP) is 3.42. The van der Waals surface area contributed by atoms with E-state index in [1.165, 1.54) is 12.1 Å². The van der Waals surface area contributed by atoms with Crippen LogP contribution in [-0.2, 0) is 16.4 Å². The van der Waals surface area contributed by atoms with Gasteiger partial charge in [0.1, 0.15) is 0 Å². The van der Waals surface area contributed by atoms with Gasteiger partial charge in [-0.3, -0.25) is 4.90 Å². The summed E-state index contributed by atoms with van der Waals surface area (Å²) in [7, 11) is -3.71. The second-order valence-electron chi connectivity index (χ2n) is 8.38. The van der Waals surface area contributed by atoms with Gasteiger partial charge in [0.25, 0.3) is 0 Å². The van der Waals surface area contributed by atoms with E-state index in [2.05, 4.69) is 11.8 Å². The largest absolute Gasteiger partial charge is 0.387 e. The minimum atomic E-state index is -3.71. The molecule has 3 rings (SSSR count). The monoisotopic (exact) mass is 468 g/mol. The molecule has 3 aromatic rings. The number of aryl methyl sites for hydroxylation is 1. The quantitative estimate of drug-likeness (QED) is 0.400. The van der Waals surface area contributed by atoms with Crippen molar-refractivity contribution in [1.82, 2.24) is 4.90 Å². The number of aliphatic hydroxyl groups excluding tert-OH is 2. The summed E-state index contributed by atoms with van der Waals surface area (Å²) in [5.41, 5.74) is 2.67. The van der Waals surface area contributed by atoms with Crippen molar-refractivity contribution in [3.63, 3.8) is 0 Å². The molecule has 0 spiro atoms. The number of primary sulfonamides is 1. The molecule has 0 heterocycles. The van der Waals surface area contributed by atoms with E-state index in [1.807, 2.05) is 60.7 Å². The normalized spacial score (nSPS) is 14.7. The first-order valence-electron chi connectivity index (χ1n) is 11.1. The fourth-order valence-electron chi connectivity index (χ4n) is 3.84. The lowest BCUT2D eigenvalue weighted by atomic mass is 10.0. The van der Waals surface area contributed by atoms with Gasteiger partial charge in [-0.15, -0.1) is 0 Å². The Morgan fingerprint density at radius 2 is 1.24 bits per heavy atom. The molecule has 0 saturated carbocycles. The number of sulfonamides is 1. The number of nitrogens with zero attached hydrogens (tertiary/aromatic N) is 1. The molecular formula is C26H32N2O4S. The molecule has 0 aromatic heterocycles. The Balaban J connectivity index is 1.70. The van der Waals surface area contributed by atoms with Crippen molar-refractivity contribution >= 4 is 10.0 Å². The van der Waals surface area contributed by atoms with Gasteiger partial charge in [0.05, 0.1) is 17.1 Å². The van der Waals surface area contributed by atoms with Gasteiger partial charge in [0.2, 0.25) is 10.0 Å². The highest BCUT2D eigenvalue weighted by atomic mass is 32.2. The number of nitrogens with two attached hydrogens (primary N) is 1. The Bertz CT molecular complexity index is 1040. The van der Waals surface area contributed by atoms with E-state index in [1.54, 1.807) is 12.1 Å². The highest BCUT2D eigenvalue weighted by molar-refractivity contribution is 7.89. The van der Waals surface area contributed by atoms with Crippen LogP contribution in [0, 0.1) is 0 Å². The smallest absolute Gasteiger partial charge is 0.238 e. The Hall–Kier alpha value is -2.55. The highest BCUT2D eigenvalue weighted by Gasteiger charge is 2.22. The Labute approximate surface area is 196 Å². The molecule has 3 atom stereocenters. The average molecular weight is 469 g/mol. The van der Waals surface area contributed by atoms with Crippen LogP contribution in [0.5, 0.6) is 0 Å². The van der Waals surface area contributed by atoms with Gasteiger partial charge in [-0.25, -0.2) is 13.6 Å². The highest BCUT2D eigenvalue weighted by Crippen LogP contribution is 2.22. The lowest BCUT2D eigenvalue weighted by Gasteiger charge is -2.33. The van der Waals surface area contributed by atoms with Crippen LogP contribution in [-0.4, -0.2) is 42.7 Å². The van der Waals surface area contributed by atoms with Gasteiger partial charge in [0, 0.05) is 19.1 Å². The average Bonchev–Trinajstić information content (AvgIpc) is 2.82. The first-order chi connectivity index (χ1) is 15.7. The van der Waals surface area contributed by atoms with Gasteiger partial charge < -0.3 is 10.2 Å². The second-order valence-corrected chi connectivity index (χ2v) is 9.94. The van der Waals surface area contributed by atoms with Crippen LogP contribution in [0.1, 0.15) is 42.2 Å². The van der Waals surface area contributed by atoms with E-state index in [4.69, 9.17) is 5.14 Å². The molecule has 176 valence electrons. The van der Waals surface area contributed by atoms with Gasteiger partial charge in [-0.2, -0.15) is 0 Å². The molecule has 0 aliphatic rings. The Morgan fingerprint density at radius 3 is 1.67 bits per heavy atom. The summed E-state index contributed by atoms with van der Waals surface area (Å²) in [4.78, 5) is 2.20. The van der Waals surface area contributed by atoms with Crippen LogP contribution in [0.25, 0.3) is 0 Å². The van der Waals surface area contributed by atoms with Crippen molar-refractivity contribution in [1.29, 1.82) is 0 Å². The van der Waals surface area contributed by atoms with E-state index >= 15 is 0 Å². The van der Waals surface area contributed by atoms with Gasteiger partial charge in [-0.05, 0) is 48.6 Å². The molecule has 3 aromatic carbocycles. The summed E-state index contributed by atoms with van der Waals surface area (Å²) in [6.45, 7) is 2.85. The van der Waals surface area contributed by atoms with Crippen LogP contribution in [0.15, 0.2) is 89.8 Å². The van der Waals surface area contributed by atoms with Gasteiger partial charge in [0.15, 0.2) is 0 Å². The van der Waals surface area contributed by atoms with Crippen LogP contribution in [0.2, 0.25) is 0 Å². The number of aliphatic hydroxyl groups is 2. The standard InChI is InChI=1S/C26H32N2O4S/c1-20(12-13-21-14-16-24(17-15-21)33(27,31)32)28(18-25(29)22-8-4-2-5-9-22)19-26(30)23-10-6-3-7-11-23/h2-11,14-17,20,25-26,29-30H,12-13,18-19H2,1H3,(H2,27,31,32). The third kappa shape index (κ3) is 7.48. The van der Waals surface area contributed by atoms with Crippen LogP contribution in [0.4, 0.5) is 0 Å². The van der Waals surface area contributed by atoms with Crippen molar-refractivity contribution in [2.45, 2.75) is 42.9 Å². The number of benzene rings is 3. The minimum absolute atomic E-state index is 0.0691. The van der Waals surface area contributed by atoms with E-state index < -0.39 is 22.2 Å². The zero-order chi connectivity index (χ0) is 23.8. The first-order valence-corrected chi connectivity index (χ1v) is 12.6. The molecule has 7 heteroatoms. The topological polar surface area (TPSA) is 104 Å². The van der Waals surface area contributed by atoms with Crippen molar-refractivity contribution in [3.8, 4) is 0 Å². The maximum Gasteiger partial charge on any atom is 0.238 e. The molecule has 3 unspecified atom stereocenters. The summed E-state index contributed by atoms with van der Waals surface area (Å²) in [6, 6.07) is 25.7. The summed E-state index contributed by atoms with van der Waals surface area (Å²) in [5, 5.41) is 26.8. The SMILES string of the molecule is CC(CCc1ccc(S(N)(=O)=O)cc1)N(CC(O)c1ccccc1)CC(O)c1ccccc1. The van der Waals surface area contributed by atoms with E-state index in [0.717, 1.165) is 29.5 Å².